The van der Waals surface area contributed by atoms with Crippen LogP contribution in [0.15, 0.2) is 134 Å². The summed E-state index contributed by atoms with van der Waals surface area (Å²) in [5, 5.41) is 9.77. The minimum absolute atomic E-state index is 0.0458. The number of carbonyl (C=O) groups excluding carboxylic acids is 3. The molecular weight excluding hydrogens is 928 g/mol. The van der Waals surface area contributed by atoms with Gasteiger partial charge in [0.15, 0.2) is 6.10 Å². The molecule has 0 fully saturated rings. The summed E-state index contributed by atoms with van der Waals surface area (Å²) in [5.74, 6) is -1.62. The van der Waals surface area contributed by atoms with Crippen LogP contribution in [0.3, 0.4) is 0 Å². The Bertz CT molecular complexity index is 1710. The molecule has 0 rings (SSSR count). The highest BCUT2D eigenvalue weighted by Gasteiger charge is 2.28. The summed E-state index contributed by atoms with van der Waals surface area (Å²) in [7, 11) is -4.78. The van der Waals surface area contributed by atoms with Crippen LogP contribution in [0.1, 0.15) is 188 Å². The van der Waals surface area contributed by atoms with Crippen molar-refractivity contribution in [1.29, 1.82) is 0 Å². The van der Waals surface area contributed by atoms with E-state index in [4.69, 9.17) is 23.3 Å². The van der Waals surface area contributed by atoms with Gasteiger partial charge in [0.1, 0.15) is 12.7 Å². The lowest BCUT2D eigenvalue weighted by atomic mass is 10.1. The highest BCUT2D eigenvalue weighted by Crippen LogP contribution is 2.43. The van der Waals surface area contributed by atoms with Crippen molar-refractivity contribution < 1.29 is 52.2 Å². The van der Waals surface area contributed by atoms with E-state index in [0.29, 0.717) is 19.3 Å². The number of ether oxygens (including phenoxy) is 3. The molecule has 0 saturated carbocycles. The molecule has 0 aliphatic rings. The number of esters is 3. The molecule has 72 heavy (non-hydrogen) atoms. The van der Waals surface area contributed by atoms with Crippen LogP contribution in [0, 0.1) is 0 Å². The van der Waals surface area contributed by atoms with E-state index >= 15 is 0 Å². The predicted molar refractivity (Wildman–Crippen MR) is 297 cm³/mol. The van der Waals surface area contributed by atoms with Crippen LogP contribution >= 0.6 is 7.82 Å². The van der Waals surface area contributed by atoms with E-state index in [1.807, 2.05) is 18.2 Å². The number of hydrogen-bond donors (Lipinski definition) is 2. The Hall–Kier alpha value is -4.38. The van der Waals surface area contributed by atoms with E-state index in [-0.39, 0.29) is 25.9 Å². The molecule has 0 aliphatic carbocycles. The van der Waals surface area contributed by atoms with Crippen LogP contribution in [-0.2, 0) is 42.2 Å². The Labute approximate surface area is 436 Å². The molecule has 12 heteroatoms. The van der Waals surface area contributed by atoms with E-state index in [9.17, 15) is 28.9 Å². The lowest BCUT2D eigenvalue weighted by Crippen LogP contribution is -2.30. The fourth-order valence-corrected chi connectivity index (χ4v) is 7.33. The number of aliphatic hydroxyl groups is 1. The average molecular weight is 1020 g/mol. The number of carbonyl (C=O) groups is 3. The van der Waals surface area contributed by atoms with Crippen molar-refractivity contribution in [3.05, 3.63) is 134 Å². The van der Waals surface area contributed by atoms with Gasteiger partial charge in [0.2, 0.25) is 0 Å². The van der Waals surface area contributed by atoms with Crippen molar-refractivity contribution in [2.24, 2.45) is 0 Å². The number of hydrogen-bond acceptors (Lipinski definition) is 10. The van der Waals surface area contributed by atoms with Crippen LogP contribution in [-0.4, -0.2) is 66.5 Å². The zero-order valence-electron chi connectivity index (χ0n) is 44.6. The van der Waals surface area contributed by atoms with Crippen molar-refractivity contribution in [2.75, 3.05) is 26.4 Å². The molecular formula is C60H95O11P. The smallest absolute Gasteiger partial charge is 0.462 e. The minimum Gasteiger partial charge on any atom is -0.462 e. The van der Waals surface area contributed by atoms with E-state index < -0.39 is 57.8 Å². The van der Waals surface area contributed by atoms with Gasteiger partial charge >= 0.3 is 25.7 Å². The molecule has 11 nitrogen and oxygen atoms in total. The summed E-state index contributed by atoms with van der Waals surface area (Å²) >= 11 is 0. The van der Waals surface area contributed by atoms with E-state index in [1.54, 1.807) is 0 Å². The lowest BCUT2D eigenvalue weighted by Gasteiger charge is -2.21. The highest BCUT2D eigenvalue weighted by atomic mass is 31.2. The third kappa shape index (κ3) is 50.6. The van der Waals surface area contributed by atoms with Crippen LogP contribution in [0.2, 0.25) is 0 Å². The van der Waals surface area contributed by atoms with Gasteiger partial charge in [-0.25, -0.2) is 4.57 Å². The molecule has 0 aliphatic heterocycles. The van der Waals surface area contributed by atoms with E-state index in [2.05, 4.69) is 136 Å². The summed E-state index contributed by atoms with van der Waals surface area (Å²) in [6.45, 7) is 4.13. The zero-order valence-corrected chi connectivity index (χ0v) is 45.5. The summed E-state index contributed by atoms with van der Waals surface area (Å²) in [5.41, 5.74) is 0. The molecule has 0 saturated heterocycles. The van der Waals surface area contributed by atoms with Gasteiger partial charge in [0.25, 0.3) is 0 Å². The first-order valence-electron chi connectivity index (χ1n) is 27.1. The normalized spacial score (nSPS) is 14.5. The maximum atomic E-state index is 12.9. The SMILES string of the molecule is CC/C=C\C/C=C\C/C=C\C/C=C\CCCCCCCCC(=O)OC(COC(=O)CCCCC/C=C\C/C=C\C/C=C\CC)COP(=O)(O)OCC(CO)OC(=O)CC/C=C\C/C=C\C/C=C\C/C=C\CC. The molecule has 0 aromatic heterocycles. The fourth-order valence-electron chi connectivity index (χ4n) is 6.55. The fraction of sp³-hybridized carbons (Fsp3) is 0.583. The summed E-state index contributed by atoms with van der Waals surface area (Å²) in [4.78, 5) is 48.4. The molecule has 0 spiro atoms. The molecule has 0 heterocycles. The molecule has 0 aromatic carbocycles. The van der Waals surface area contributed by atoms with Crippen molar-refractivity contribution in [1.82, 2.24) is 0 Å². The molecule has 0 bridgehead atoms. The van der Waals surface area contributed by atoms with Crippen molar-refractivity contribution in [3.63, 3.8) is 0 Å². The molecule has 0 aromatic rings. The number of phosphoric acid groups is 1. The zero-order chi connectivity index (χ0) is 52.7. The van der Waals surface area contributed by atoms with Crippen LogP contribution < -0.4 is 0 Å². The largest absolute Gasteiger partial charge is 0.472 e. The van der Waals surface area contributed by atoms with E-state index in [0.717, 1.165) is 128 Å². The van der Waals surface area contributed by atoms with Crippen LogP contribution in [0.5, 0.6) is 0 Å². The molecule has 0 radical (unpaired) electrons. The first-order valence-corrected chi connectivity index (χ1v) is 28.6. The first kappa shape index (κ1) is 67.6. The quantitative estimate of drug-likeness (QED) is 0.0197. The lowest BCUT2D eigenvalue weighted by molar-refractivity contribution is -0.161. The minimum atomic E-state index is -4.78. The topological polar surface area (TPSA) is 155 Å². The Kier molecular flexibility index (Phi) is 49.7. The van der Waals surface area contributed by atoms with Crippen molar-refractivity contribution in [2.45, 2.75) is 200 Å². The van der Waals surface area contributed by atoms with Gasteiger partial charge in [-0.15, -0.1) is 0 Å². The van der Waals surface area contributed by atoms with Gasteiger partial charge in [0, 0.05) is 19.3 Å². The predicted octanol–water partition coefficient (Wildman–Crippen LogP) is 15.8. The van der Waals surface area contributed by atoms with Gasteiger partial charge < -0.3 is 24.2 Å². The maximum Gasteiger partial charge on any atom is 0.472 e. The van der Waals surface area contributed by atoms with Crippen LogP contribution in [0.25, 0.3) is 0 Å². The maximum absolute atomic E-state index is 12.9. The van der Waals surface area contributed by atoms with Gasteiger partial charge in [0.05, 0.1) is 19.8 Å². The first-order chi connectivity index (χ1) is 35.2. The molecule has 406 valence electrons. The van der Waals surface area contributed by atoms with Gasteiger partial charge in [-0.05, 0) is 116 Å². The molecule has 0 amide bonds. The average Bonchev–Trinajstić information content (AvgIpc) is 3.37. The second-order valence-electron chi connectivity index (χ2n) is 17.2. The number of phosphoric ester groups is 1. The Morgan fingerprint density at radius 2 is 0.708 bits per heavy atom. The Morgan fingerprint density at radius 3 is 1.14 bits per heavy atom. The summed E-state index contributed by atoms with van der Waals surface area (Å²) in [6, 6.07) is 0. The van der Waals surface area contributed by atoms with Gasteiger partial charge in [-0.1, -0.05) is 187 Å². The third-order valence-corrected chi connectivity index (χ3v) is 11.5. The number of aliphatic hydroxyl groups excluding tert-OH is 1. The van der Waals surface area contributed by atoms with Crippen molar-refractivity contribution >= 4 is 25.7 Å². The molecule has 3 unspecified atom stereocenters. The van der Waals surface area contributed by atoms with E-state index in [1.165, 1.54) is 0 Å². The standard InChI is InChI=1S/C60H95O11P/c1-4-7-10-13-16-19-22-25-26-27-28-29-30-33-36-39-42-45-48-51-60(64)71-57(53-67-58(62)49-46-43-40-37-34-31-23-20-17-14-11-8-5-2)55-69-72(65,66)68-54-56(52-61)70-59(63)50-47-44-41-38-35-32-24-21-18-15-12-9-6-3/h7-12,16-21,25-26,28-29,31-32,34-35,41,44,56-57,61H,4-6,13-15,22-24,27,30,33,36-40,42-43,45-55H2,1-3H3,(H,65,66)/b10-7-,11-8-,12-9-,19-16-,20-17-,21-18-,26-25-,29-28-,34-31-,35-32-,44-41-. The Morgan fingerprint density at radius 1 is 0.389 bits per heavy atom. The van der Waals surface area contributed by atoms with Gasteiger partial charge in [-0.3, -0.25) is 23.4 Å². The highest BCUT2D eigenvalue weighted by molar-refractivity contribution is 7.47. The monoisotopic (exact) mass is 1020 g/mol. The molecule has 2 N–H and O–H groups in total. The second-order valence-corrected chi connectivity index (χ2v) is 18.7. The summed E-state index contributed by atoms with van der Waals surface area (Å²) in [6.07, 6.45) is 65.8. The third-order valence-electron chi connectivity index (χ3n) is 10.6. The van der Waals surface area contributed by atoms with Crippen molar-refractivity contribution in [3.8, 4) is 0 Å². The molecule has 3 atom stereocenters. The van der Waals surface area contributed by atoms with Crippen LogP contribution in [0.4, 0.5) is 0 Å². The number of unbranched alkanes of at least 4 members (excludes halogenated alkanes) is 9. The van der Waals surface area contributed by atoms with Gasteiger partial charge in [-0.2, -0.15) is 0 Å². The summed E-state index contributed by atoms with van der Waals surface area (Å²) < 4.78 is 39.3. The number of rotatable bonds is 48. The Balaban J connectivity index is 4.87. The number of allylic oxidation sites excluding steroid dienone is 22. The second kappa shape index (κ2) is 52.9.